The number of carbonyl (C=O) groups is 1. The minimum atomic E-state index is -3.23. The fourth-order valence-corrected chi connectivity index (χ4v) is 3.12. The van der Waals surface area contributed by atoms with Crippen molar-refractivity contribution in [2.45, 2.75) is 27.2 Å². The maximum Gasteiger partial charge on any atom is 0.313 e. The van der Waals surface area contributed by atoms with E-state index in [4.69, 9.17) is 4.74 Å². The summed E-state index contributed by atoms with van der Waals surface area (Å²) < 4.78 is 29.5. The second-order valence-corrected chi connectivity index (χ2v) is 6.86. The van der Waals surface area contributed by atoms with Gasteiger partial charge < -0.3 is 4.74 Å². The molecule has 6 heteroatoms. The molecule has 0 radical (unpaired) electrons. The third kappa shape index (κ3) is 2.80. The van der Waals surface area contributed by atoms with Gasteiger partial charge in [-0.3, -0.25) is 4.79 Å². The van der Waals surface area contributed by atoms with E-state index < -0.39 is 15.4 Å². The van der Waals surface area contributed by atoms with Crippen LogP contribution in [0.4, 0.5) is 0 Å². The Morgan fingerprint density at radius 1 is 1.47 bits per heavy atom. The second-order valence-electron chi connectivity index (χ2n) is 4.88. The Labute approximate surface area is 103 Å². The lowest BCUT2D eigenvalue weighted by atomic mass is 9.76. The van der Waals surface area contributed by atoms with Gasteiger partial charge in [-0.2, -0.15) is 0 Å². The van der Waals surface area contributed by atoms with E-state index in [9.17, 15) is 13.2 Å². The van der Waals surface area contributed by atoms with E-state index in [2.05, 4.69) is 0 Å². The molecule has 0 saturated carbocycles. The predicted octanol–water partition coefficient (Wildman–Crippen LogP) is 0.857. The third-order valence-electron chi connectivity index (χ3n) is 3.52. The normalized spacial score (nSPS) is 26.4. The van der Waals surface area contributed by atoms with Gasteiger partial charge in [0, 0.05) is 13.1 Å². The number of ether oxygens (including phenoxy) is 1. The quantitative estimate of drug-likeness (QED) is 0.706. The lowest BCUT2D eigenvalue weighted by molar-refractivity contribution is -0.157. The van der Waals surface area contributed by atoms with Crippen molar-refractivity contribution in [3.63, 3.8) is 0 Å². The predicted molar refractivity (Wildman–Crippen MR) is 64.9 cm³/mol. The van der Waals surface area contributed by atoms with Crippen LogP contribution in [0.5, 0.6) is 0 Å². The Balaban J connectivity index is 2.95. The summed E-state index contributed by atoms with van der Waals surface area (Å²) in [7, 11) is -3.23. The molecule has 1 heterocycles. The summed E-state index contributed by atoms with van der Waals surface area (Å²) in [5, 5.41) is 0. The largest absolute Gasteiger partial charge is 0.466 e. The van der Waals surface area contributed by atoms with Gasteiger partial charge in [0.15, 0.2) is 0 Å². The molecule has 1 unspecified atom stereocenters. The van der Waals surface area contributed by atoms with Crippen molar-refractivity contribution in [1.82, 2.24) is 4.31 Å². The first-order chi connectivity index (χ1) is 7.74. The highest BCUT2D eigenvalue weighted by Gasteiger charge is 2.50. The lowest BCUT2D eigenvalue weighted by Crippen LogP contribution is -2.41. The van der Waals surface area contributed by atoms with E-state index >= 15 is 0 Å². The average molecular weight is 263 g/mol. The number of sulfonamides is 1. The number of hydrogen-bond donors (Lipinski definition) is 0. The molecule has 1 fully saturated rings. The molecule has 0 aromatic carbocycles. The molecule has 0 N–H and O–H groups in total. The molecule has 0 aromatic rings. The van der Waals surface area contributed by atoms with Crippen molar-refractivity contribution in [3.05, 3.63) is 0 Å². The van der Waals surface area contributed by atoms with Crippen LogP contribution in [-0.4, -0.2) is 44.6 Å². The zero-order valence-corrected chi connectivity index (χ0v) is 11.7. The topological polar surface area (TPSA) is 63.7 Å². The number of carbonyl (C=O) groups excluding carboxylic acids is 1. The van der Waals surface area contributed by atoms with Gasteiger partial charge in [-0.25, -0.2) is 12.7 Å². The lowest BCUT2D eigenvalue weighted by Gasteiger charge is -2.30. The van der Waals surface area contributed by atoms with E-state index in [-0.39, 0.29) is 18.4 Å². The molecule has 1 atom stereocenters. The summed E-state index contributed by atoms with van der Waals surface area (Å²) >= 11 is 0. The number of esters is 1. The molecule has 1 aliphatic heterocycles. The van der Waals surface area contributed by atoms with Crippen LogP contribution >= 0.6 is 0 Å². The van der Waals surface area contributed by atoms with Gasteiger partial charge in [0.1, 0.15) is 0 Å². The Hall–Kier alpha value is -0.620. The average Bonchev–Trinajstić information content (AvgIpc) is 2.62. The second kappa shape index (κ2) is 4.94. The first kappa shape index (κ1) is 14.4. The van der Waals surface area contributed by atoms with Gasteiger partial charge in [0.2, 0.25) is 10.0 Å². The zero-order chi connectivity index (χ0) is 13.3. The summed E-state index contributed by atoms with van der Waals surface area (Å²) in [5.74, 6) is -0.213. The number of hydrogen-bond acceptors (Lipinski definition) is 4. The summed E-state index contributed by atoms with van der Waals surface area (Å²) in [4.78, 5) is 12.0. The number of nitrogens with zero attached hydrogens (tertiary/aromatic N) is 1. The molecule has 1 saturated heterocycles. The van der Waals surface area contributed by atoms with Gasteiger partial charge >= 0.3 is 5.97 Å². The van der Waals surface area contributed by atoms with E-state index in [1.54, 1.807) is 6.92 Å². The fraction of sp³-hybridized carbons (Fsp3) is 0.909. The zero-order valence-electron chi connectivity index (χ0n) is 10.9. The van der Waals surface area contributed by atoms with Crippen LogP contribution in [0.1, 0.15) is 27.2 Å². The summed E-state index contributed by atoms with van der Waals surface area (Å²) in [6.07, 6.45) is 1.71. The molecule has 17 heavy (non-hydrogen) atoms. The summed E-state index contributed by atoms with van der Waals surface area (Å²) in [6, 6.07) is 0. The third-order valence-corrected chi connectivity index (χ3v) is 4.77. The van der Waals surface area contributed by atoms with Crippen LogP contribution in [0.25, 0.3) is 0 Å². The molecule has 0 aliphatic carbocycles. The highest BCUT2D eigenvalue weighted by molar-refractivity contribution is 7.88. The molecule has 0 spiro atoms. The van der Waals surface area contributed by atoms with Gasteiger partial charge in [0.05, 0.1) is 18.3 Å². The molecule has 100 valence electrons. The maximum atomic E-state index is 12.0. The molecule has 5 nitrogen and oxygen atoms in total. The highest BCUT2D eigenvalue weighted by atomic mass is 32.2. The van der Waals surface area contributed by atoms with Crippen molar-refractivity contribution < 1.29 is 17.9 Å². The molecular weight excluding hydrogens is 242 g/mol. The summed E-state index contributed by atoms with van der Waals surface area (Å²) in [6.45, 7) is 6.59. The van der Waals surface area contributed by atoms with Gasteiger partial charge in [-0.1, -0.05) is 13.8 Å². The van der Waals surface area contributed by atoms with Crippen LogP contribution in [0.15, 0.2) is 0 Å². The fourth-order valence-electron chi connectivity index (χ4n) is 2.23. The Kier molecular flexibility index (Phi) is 4.19. The molecular formula is C11H21NO4S. The minimum Gasteiger partial charge on any atom is -0.466 e. The van der Waals surface area contributed by atoms with E-state index in [0.29, 0.717) is 19.6 Å². The standard InChI is InChI=1S/C11H21NO4S/c1-5-16-10(13)11(9(2)3)6-7-12(8-11)17(4,14)15/h9H,5-8H2,1-4H3. The van der Waals surface area contributed by atoms with Crippen molar-refractivity contribution in [2.75, 3.05) is 26.0 Å². The van der Waals surface area contributed by atoms with Crippen LogP contribution in [0.2, 0.25) is 0 Å². The van der Waals surface area contributed by atoms with Gasteiger partial charge in [0.25, 0.3) is 0 Å². The van der Waals surface area contributed by atoms with Crippen LogP contribution in [0.3, 0.4) is 0 Å². The molecule has 0 bridgehead atoms. The minimum absolute atomic E-state index is 0.0632. The molecule has 1 aliphatic rings. The monoisotopic (exact) mass is 263 g/mol. The van der Waals surface area contributed by atoms with Crippen LogP contribution in [-0.2, 0) is 19.6 Å². The Morgan fingerprint density at radius 2 is 2.06 bits per heavy atom. The van der Waals surface area contributed by atoms with Crippen molar-refractivity contribution in [1.29, 1.82) is 0 Å². The maximum absolute atomic E-state index is 12.0. The van der Waals surface area contributed by atoms with E-state index in [1.807, 2.05) is 13.8 Å². The Bertz CT molecular complexity index is 390. The SMILES string of the molecule is CCOC(=O)C1(C(C)C)CCN(S(C)(=O)=O)C1. The number of rotatable bonds is 4. The van der Waals surface area contributed by atoms with E-state index in [1.165, 1.54) is 10.6 Å². The van der Waals surface area contributed by atoms with Gasteiger partial charge in [-0.15, -0.1) is 0 Å². The molecule has 1 rings (SSSR count). The summed E-state index contributed by atoms with van der Waals surface area (Å²) in [5.41, 5.74) is -0.681. The van der Waals surface area contributed by atoms with Crippen LogP contribution < -0.4 is 0 Å². The van der Waals surface area contributed by atoms with Crippen LogP contribution in [0, 0.1) is 11.3 Å². The molecule has 0 amide bonds. The highest BCUT2D eigenvalue weighted by Crippen LogP contribution is 2.39. The Morgan fingerprint density at radius 3 is 2.41 bits per heavy atom. The van der Waals surface area contributed by atoms with Crippen molar-refractivity contribution in [3.8, 4) is 0 Å². The van der Waals surface area contributed by atoms with E-state index in [0.717, 1.165) is 0 Å². The first-order valence-corrected chi connectivity index (χ1v) is 7.71. The van der Waals surface area contributed by atoms with Crippen molar-refractivity contribution in [2.24, 2.45) is 11.3 Å². The smallest absolute Gasteiger partial charge is 0.313 e. The molecule has 0 aromatic heterocycles. The first-order valence-electron chi connectivity index (χ1n) is 5.86. The van der Waals surface area contributed by atoms with Gasteiger partial charge in [-0.05, 0) is 19.3 Å². The van der Waals surface area contributed by atoms with Crippen molar-refractivity contribution >= 4 is 16.0 Å².